The van der Waals surface area contributed by atoms with E-state index >= 15 is 0 Å². The summed E-state index contributed by atoms with van der Waals surface area (Å²) in [5, 5.41) is 3.18. The molecule has 0 aliphatic heterocycles. The highest BCUT2D eigenvalue weighted by molar-refractivity contribution is 5.79. The predicted octanol–water partition coefficient (Wildman–Crippen LogP) is 0.458. The third-order valence-corrected chi connectivity index (χ3v) is 2.55. The van der Waals surface area contributed by atoms with Crippen LogP contribution >= 0.6 is 0 Å². The van der Waals surface area contributed by atoms with Gasteiger partial charge >= 0.3 is 0 Å². The molecule has 1 rings (SSSR count). The zero-order valence-electron chi connectivity index (χ0n) is 9.73. The van der Waals surface area contributed by atoms with Gasteiger partial charge in [-0.3, -0.25) is 4.79 Å². The van der Waals surface area contributed by atoms with Crippen molar-refractivity contribution in [3.63, 3.8) is 0 Å². The van der Waals surface area contributed by atoms with Gasteiger partial charge in [0.15, 0.2) is 0 Å². The van der Waals surface area contributed by atoms with E-state index in [1.807, 2.05) is 32.0 Å². The number of hydrogen-bond acceptors (Lipinski definition) is 3. The van der Waals surface area contributed by atoms with E-state index in [9.17, 15) is 4.79 Å². The molecule has 0 aromatic heterocycles. The highest BCUT2D eigenvalue weighted by Gasteiger charge is 2.11. The number of nitrogens with one attached hydrogen (secondary N) is 1. The number of benzene rings is 1. The SMILES string of the molecule is Cc1cccc([C@H](C)NCC(N)C(N)=O)c1. The Labute approximate surface area is 96.0 Å². The molecule has 0 saturated carbocycles. The molecule has 0 spiro atoms. The van der Waals surface area contributed by atoms with E-state index in [0.29, 0.717) is 6.54 Å². The van der Waals surface area contributed by atoms with Gasteiger partial charge in [0.2, 0.25) is 5.91 Å². The van der Waals surface area contributed by atoms with E-state index in [1.54, 1.807) is 0 Å². The molecule has 0 aliphatic carbocycles. The molecule has 16 heavy (non-hydrogen) atoms. The number of carbonyl (C=O) groups excluding carboxylic acids is 1. The second-order valence-corrected chi connectivity index (χ2v) is 4.05. The first-order valence-electron chi connectivity index (χ1n) is 5.35. The van der Waals surface area contributed by atoms with Crippen LogP contribution in [0.4, 0.5) is 0 Å². The monoisotopic (exact) mass is 221 g/mol. The molecular formula is C12H19N3O. The fraction of sp³-hybridized carbons (Fsp3) is 0.417. The topological polar surface area (TPSA) is 81.1 Å². The Kier molecular flexibility index (Phi) is 4.46. The van der Waals surface area contributed by atoms with Crippen molar-refractivity contribution in [1.82, 2.24) is 5.32 Å². The van der Waals surface area contributed by atoms with Crippen LogP contribution in [-0.4, -0.2) is 18.5 Å². The van der Waals surface area contributed by atoms with E-state index in [0.717, 1.165) is 0 Å². The zero-order chi connectivity index (χ0) is 12.1. The predicted molar refractivity (Wildman–Crippen MR) is 64.8 cm³/mol. The molecule has 1 aromatic carbocycles. The number of nitrogens with two attached hydrogens (primary N) is 2. The minimum absolute atomic E-state index is 0.158. The van der Waals surface area contributed by atoms with Crippen LogP contribution in [0.2, 0.25) is 0 Å². The second kappa shape index (κ2) is 5.63. The molecule has 1 amide bonds. The van der Waals surface area contributed by atoms with Gasteiger partial charge in [-0.2, -0.15) is 0 Å². The van der Waals surface area contributed by atoms with Gasteiger partial charge in [0.25, 0.3) is 0 Å². The van der Waals surface area contributed by atoms with Gasteiger partial charge in [0, 0.05) is 12.6 Å². The van der Waals surface area contributed by atoms with Crippen molar-refractivity contribution in [2.45, 2.75) is 25.9 Å². The minimum atomic E-state index is -0.632. The summed E-state index contributed by atoms with van der Waals surface area (Å²) in [7, 11) is 0. The fourth-order valence-electron chi connectivity index (χ4n) is 1.46. The molecule has 5 N–H and O–H groups in total. The summed E-state index contributed by atoms with van der Waals surface area (Å²) in [4.78, 5) is 10.8. The van der Waals surface area contributed by atoms with E-state index in [4.69, 9.17) is 11.5 Å². The second-order valence-electron chi connectivity index (χ2n) is 4.05. The van der Waals surface area contributed by atoms with Crippen molar-refractivity contribution in [2.75, 3.05) is 6.54 Å². The lowest BCUT2D eigenvalue weighted by Gasteiger charge is -2.16. The molecule has 0 heterocycles. The minimum Gasteiger partial charge on any atom is -0.368 e. The van der Waals surface area contributed by atoms with Crippen LogP contribution in [0, 0.1) is 6.92 Å². The maximum Gasteiger partial charge on any atom is 0.235 e. The molecule has 0 radical (unpaired) electrons. The maximum atomic E-state index is 10.8. The number of aryl methyl sites for hydroxylation is 1. The van der Waals surface area contributed by atoms with Crippen LogP contribution < -0.4 is 16.8 Å². The molecule has 0 saturated heterocycles. The number of amides is 1. The first-order chi connectivity index (χ1) is 7.50. The van der Waals surface area contributed by atoms with E-state index in [-0.39, 0.29) is 6.04 Å². The van der Waals surface area contributed by atoms with Crippen molar-refractivity contribution >= 4 is 5.91 Å². The first kappa shape index (κ1) is 12.7. The van der Waals surface area contributed by atoms with Crippen molar-refractivity contribution in [2.24, 2.45) is 11.5 Å². The lowest BCUT2D eigenvalue weighted by molar-refractivity contribution is -0.119. The molecule has 0 bridgehead atoms. The summed E-state index contributed by atoms with van der Waals surface area (Å²) in [6, 6.07) is 7.73. The average Bonchev–Trinajstić information content (AvgIpc) is 2.25. The molecule has 4 nitrogen and oxygen atoms in total. The van der Waals surface area contributed by atoms with Gasteiger partial charge < -0.3 is 16.8 Å². The summed E-state index contributed by atoms with van der Waals surface area (Å²) in [6.45, 7) is 4.47. The molecule has 1 aromatic rings. The van der Waals surface area contributed by atoms with Crippen LogP contribution in [0.25, 0.3) is 0 Å². The van der Waals surface area contributed by atoms with Crippen molar-refractivity contribution < 1.29 is 4.79 Å². The Balaban J connectivity index is 2.52. The lowest BCUT2D eigenvalue weighted by atomic mass is 10.1. The highest BCUT2D eigenvalue weighted by atomic mass is 16.1. The molecule has 2 atom stereocenters. The lowest BCUT2D eigenvalue weighted by Crippen LogP contribution is -2.44. The van der Waals surface area contributed by atoms with Gasteiger partial charge in [-0.1, -0.05) is 29.8 Å². The Bertz CT molecular complexity index is 365. The molecule has 0 aliphatic rings. The Hall–Kier alpha value is -1.39. The summed E-state index contributed by atoms with van der Waals surface area (Å²) in [6.07, 6.45) is 0. The smallest absolute Gasteiger partial charge is 0.235 e. The summed E-state index contributed by atoms with van der Waals surface area (Å²) >= 11 is 0. The number of carbonyl (C=O) groups is 1. The normalized spacial score (nSPS) is 14.4. The third kappa shape index (κ3) is 3.64. The summed E-state index contributed by atoms with van der Waals surface area (Å²) < 4.78 is 0. The fourth-order valence-corrected chi connectivity index (χ4v) is 1.46. The van der Waals surface area contributed by atoms with Crippen LogP contribution in [0.5, 0.6) is 0 Å². The molecule has 4 heteroatoms. The van der Waals surface area contributed by atoms with Gasteiger partial charge in [0.1, 0.15) is 0 Å². The molecule has 88 valence electrons. The van der Waals surface area contributed by atoms with Crippen molar-refractivity contribution in [3.05, 3.63) is 35.4 Å². The maximum absolute atomic E-state index is 10.8. The van der Waals surface area contributed by atoms with E-state index < -0.39 is 11.9 Å². The molecular weight excluding hydrogens is 202 g/mol. The van der Waals surface area contributed by atoms with Crippen LogP contribution in [0.15, 0.2) is 24.3 Å². The average molecular weight is 221 g/mol. The summed E-state index contributed by atoms with van der Waals surface area (Å²) in [5.74, 6) is -0.482. The van der Waals surface area contributed by atoms with E-state index in [1.165, 1.54) is 11.1 Å². The van der Waals surface area contributed by atoms with Gasteiger partial charge in [-0.05, 0) is 19.4 Å². The van der Waals surface area contributed by atoms with Crippen molar-refractivity contribution in [1.29, 1.82) is 0 Å². The van der Waals surface area contributed by atoms with Crippen LogP contribution in [0.1, 0.15) is 24.1 Å². The Morgan fingerprint density at radius 2 is 2.19 bits per heavy atom. The van der Waals surface area contributed by atoms with Gasteiger partial charge in [-0.15, -0.1) is 0 Å². The van der Waals surface area contributed by atoms with Crippen LogP contribution in [0.3, 0.4) is 0 Å². The Morgan fingerprint density at radius 3 is 2.75 bits per heavy atom. The van der Waals surface area contributed by atoms with Gasteiger partial charge in [-0.25, -0.2) is 0 Å². The number of hydrogen-bond donors (Lipinski definition) is 3. The van der Waals surface area contributed by atoms with Crippen LogP contribution in [-0.2, 0) is 4.79 Å². The quantitative estimate of drug-likeness (QED) is 0.675. The molecule has 1 unspecified atom stereocenters. The summed E-state index contributed by atoms with van der Waals surface area (Å²) in [5.41, 5.74) is 13.0. The van der Waals surface area contributed by atoms with Gasteiger partial charge in [0.05, 0.1) is 6.04 Å². The van der Waals surface area contributed by atoms with Crippen molar-refractivity contribution in [3.8, 4) is 0 Å². The Morgan fingerprint density at radius 1 is 1.50 bits per heavy atom. The largest absolute Gasteiger partial charge is 0.368 e. The number of primary amides is 1. The number of rotatable bonds is 5. The first-order valence-corrected chi connectivity index (χ1v) is 5.35. The third-order valence-electron chi connectivity index (χ3n) is 2.55. The zero-order valence-corrected chi connectivity index (χ0v) is 9.73. The highest BCUT2D eigenvalue weighted by Crippen LogP contribution is 2.13. The van der Waals surface area contributed by atoms with E-state index in [2.05, 4.69) is 11.4 Å². The standard InChI is InChI=1S/C12H19N3O/c1-8-4-3-5-10(6-8)9(2)15-7-11(13)12(14)16/h3-6,9,11,15H,7,13H2,1-2H3,(H2,14,16)/t9-,11?/m0/s1. The molecule has 0 fully saturated rings.